The zero-order valence-electron chi connectivity index (χ0n) is 7.84. The Hall–Kier alpha value is -0.220. The van der Waals surface area contributed by atoms with Gasteiger partial charge in [0.1, 0.15) is 10.8 Å². The molecule has 0 fully saturated rings. The second-order valence-corrected chi connectivity index (χ2v) is 5.81. The van der Waals surface area contributed by atoms with Gasteiger partial charge in [-0.05, 0) is 27.0 Å². The van der Waals surface area contributed by atoms with Crippen LogP contribution in [0.4, 0.5) is 5.82 Å². The summed E-state index contributed by atoms with van der Waals surface area (Å²) in [4.78, 5) is 5.45. The van der Waals surface area contributed by atoms with Gasteiger partial charge in [-0.25, -0.2) is 4.98 Å². The van der Waals surface area contributed by atoms with E-state index in [4.69, 9.17) is 5.73 Å². The van der Waals surface area contributed by atoms with Crippen LogP contribution in [0.15, 0.2) is 0 Å². The van der Waals surface area contributed by atoms with Gasteiger partial charge in [0.15, 0.2) is 0 Å². The Morgan fingerprint density at radius 2 is 2.08 bits per heavy atom. The highest BCUT2D eigenvalue weighted by atomic mass is 32.2. The van der Waals surface area contributed by atoms with Crippen molar-refractivity contribution in [1.82, 2.24) is 4.98 Å². The van der Waals surface area contributed by atoms with Gasteiger partial charge >= 0.3 is 0 Å². The predicted molar refractivity (Wildman–Crippen MR) is 57.8 cm³/mol. The van der Waals surface area contributed by atoms with E-state index in [1.54, 1.807) is 23.1 Å². The van der Waals surface area contributed by atoms with Crippen LogP contribution in [0.2, 0.25) is 0 Å². The average molecular weight is 202 g/mol. The molecule has 2 nitrogen and oxygen atoms in total. The van der Waals surface area contributed by atoms with Crippen LogP contribution in [0.3, 0.4) is 0 Å². The summed E-state index contributed by atoms with van der Waals surface area (Å²) in [5.74, 6) is 0.678. The topological polar surface area (TPSA) is 38.9 Å². The lowest BCUT2D eigenvalue weighted by molar-refractivity contribution is 0.776. The second-order valence-electron chi connectivity index (χ2n) is 3.17. The molecular weight excluding hydrogens is 188 g/mol. The molecular formula is C8H14N2S2. The zero-order valence-corrected chi connectivity index (χ0v) is 9.47. The molecule has 0 atom stereocenters. The number of thioether (sulfide) groups is 1. The number of aromatic nitrogens is 1. The van der Waals surface area contributed by atoms with Gasteiger partial charge in [0.2, 0.25) is 0 Å². The monoisotopic (exact) mass is 202 g/mol. The largest absolute Gasteiger partial charge is 0.383 e. The number of nitrogen functional groups attached to an aromatic ring is 1. The Morgan fingerprint density at radius 1 is 1.50 bits per heavy atom. The van der Waals surface area contributed by atoms with E-state index in [-0.39, 0.29) is 4.75 Å². The molecule has 0 aliphatic heterocycles. The van der Waals surface area contributed by atoms with Crippen molar-refractivity contribution in [2.24, 2.45) is 0 Å². The molecule has 1 heterocycles. The normalized spacial score (nSPS) is 12.0. The first-order chi connectivity index (χ1) is 5.47. The fourth-order valence-electron chi connectivity index (χ4n) is 0.753. The molecule has 0 aliphatic carbocycles. The first-order valence-electron chi connectivity index (χ1n) is 3.76. The van der Waals surface area contributed by atoms with Gasteiger partial charge in [-0.1, -0.05) is 0 Å². The van der Waals surface area contributed by atoms with E-state index >= 15 is 0 Å². The molecule has 1 rings (SSSR count). The summed E-state index contributed by atoms with van der Waals surface area (Å²) in [7, 11) is 0. The predicted octanol–water partition coefficient (Wildman–Crippen LogP) is 2.63. The molecule has 0 spiro atoms. The summed E-state index contributed by atoms with van der Waals surface area (Å²) in [5, 5.41) is 1.12. The zero-order chi connectivity index (χ0) is 9.35. The molecule has 0 saturated carbocycles. The highest BCUT2D eigenvalue weighted by molar-refractivity contribution is 7.99. The van der Waals surface area contributed by atoms with Crippen molar-refractivity contribution in [2.75, 3.05) is 12.0 Å². The number of hydrogen-bond acceptors (Lipinski definition) is 4. The van der Waals surface area contributed by atoms with Gasteiger partial charge in [0.05, 0.1) is 4.75 Å². The van der Waals surface area contributed by atoms with E-state index in [2.05, 4.69) is 25.1 Å². The third kappa shape index (κ3) is 1.75. The minimum atomic E-state index is 0.0903. The average Bonchev–Trinajstić information content (AvgIpc) is 2.33. The van der Waals surface area contributed by atoms with Crippen LogP contribution in [-0.4, -0.2) is 11.2 Å². The molecule has 0 bridgehead atoms. The quantitative estimate of drug-likeness (QED) is 0.801. The number of anilines is 1. The molecule has 0 unspecified atom stereocenters. The minimum Gasteiger partial charge on any atom is -0.383 e. The summed E-state index contributed by atoms with van der Waals surface area (Å²) < 4.78 is 0.0903. The number of aryl methyl sites for hydroxylation is 1. The number of hydrogen-bond donors (Lipinski definition) is 1. The molecule has 0 aliphatic rings. The number of nitrogens with zero attached hydrogens (tertiary/aromatic N) is 1. The third-order valence-corrected chi connectivity index (χ3v) is 4.51. The third-order valence-electron chi connectivity index (χ3n) is 1.86. The van der Waals surface area contributed by atoms with Crippen LogP contribution in [0.5, 0.6) is 0 Å². The van der Waals surface area contributed by atoms with E-state index < -0.39 is 0 Å². The maximum absolute atomic E-state index is 5.68. The van der Waals surface area contributed by atoms with Crippen LogP contribution in [0.25, 0.3) is 0 Å². The molecule has 68 valence electrons. The van der Waals surface area contributed by atoms with Crippen molar-refractivity contribution in [1.29, 1.82) is 0 Å². The van der Waals surface area contributed by atoms with Gasteiger partial charge < -0.3 is 5.73 Å². The van der Waals surface area contributed by atoms with Crippen molar-refractivity contribution < 1.29 is 0 Å². The van der Waals surface area contributed by atoms with Crippen molar-refractivity contribution in [3.05, 3.63) is 9.88 Å². The molecule has 2 N–H and O–H groups in total. The summed E-state index contributed by atoms with van der Waals surface area (Å²) in [6, 6.07) is 0. The molecule has 12 heavy (non-hydrogen) atoms. The van der Waals surface area contributed by atoms with Gasteiger partial charge in [0, 0.05) is 4.88 Å². The van der Waals surface area contributed by atoms with Gasteiger partial charge in [-0.2, -0.15) is 11.8 Å². The Labute approximate surface area is 81.6 Å². The van der Waals surface area contributed by atoms with Crippen molar-refractivity contribution in [3.63, 3.8) is 0 Å². The van der Waals surface area contributed by atoms with Gasteiger partial charge in [0.25, 0.3) is 0 Å². The van der Waals surface area contributed by atoms with Crippen LogP contribution in [-0.2, 0) is 4.75 Å². The number of thiazole rings is 1. The highest BCUT2D eigenvalue weighted by Crippen LogP contribution is 2.37. The van der Waals surface area contributed by atoms with Gasteiger partial charge in [-0.3, -0.25) is 0 Å². The first kappa shape index (κ1) is 9.86. The smallest absolute Gasteiger partial charge is 0.137 e. The summed E-state index contributed by atoms with van der Waals surface area (Å²) in [6.45, 7) is 6.33. The lowest BCUT2D eigenvalue weighted by atomic mass is 10.2. The number of rotatable bonds is 2. The maximum atomic E-state index is 5.68. The molecule has 0 radical (unpaired) electrons. The van der Waals surface area contributed by atoms with Crippen molar-refractivity contribution in [3.8, 4) is 0 Å². The second kappa shape index (κ2) is 3.26. The van der Waals surface area contributed by atoms with E-state index in [0.29, 0.717) is 5.82 Å². The van der Waals surface area contributed by atoms with E-state index in [1.165, 1.54) is 0 Å². The maximum Gasteiger partial charge on any atom is 0.137 e. The Bertz CT molecular complexity index is 259. The van der Waals surface area contributed by atoms with Crippen LogP contribution >= 0.6 is 23.1 Å². The molecule has 0 amide bonds. The fourth-order valence-corrected chi connectivity index (χ4v) is 2.18. The Morgan fingerprint density at radius 3 is 2.42 bits per heavy atom. The Kier molecular flexibility index (Phi) is 2.68. The van der Waals surface area contributed by atoms with E-state index in [0.717, 1.165) is 9.88 Å². The fraction of sp³-hybridized carbons (Fsp3) is 0.625. The molecule has 0 aromatic carbocycles. The lowest BCUT2D eigenvalue weighted by Crippen LogP contribution is -2.10. The van der Waals surface area contributed by atoms with Gasteiger partial charge in [-0.15, -0.1) is 11.3 Å². The van der Waals surface area contributed by atoms with Crippen molar-refractivity contribution in [2.45, 2.75) is 25.5 Å². The molecule has 4 heteroatoms. The van der Waals surface area contributed by atoms with Crippen molar-refractivity contribution >= 4 is 28.9 Å². The van der Waals surface area contributed by atoms with E-state index in [9.17, 15) is 0 Å². The minimum absolute atomic E-state index is 0.0903. The van der Waals surface area contributed by atoms with Crippen LogP contribution in [0.1, 0.15) is 23.7 Å². The SMILES string of the molecule is CSC(C)(C)c1nc(N)c(C)s1. The summed E-state index contributed by atoms with van der Waals surface area (Å²) in [6.07, 6.45) is 2.09. The lowest BCUT2D eigenvalue weighted by Gasteiger charge is -2.17. The summed E-state index contributed by atoms with van der Waals surface area (Å²) in [5.41, 5.74) is 5.68. The highest BCUT2D eigenvalue weighted by Gasteiger charge is 2.23. The number of nitrogens with two attached hydrogens (primary N) is 1. The first-order valence-corrected chi connectivity index (χ1v) is 5.80. The van der Waals surface area contributed by atoms with Crippen LogP contribution in [0, 0.1) is 6.92 Å². The van der Waals surface area contributed by atoms with E-state index in [1.807, 2.05) is 6.92 Å². The Balaban J connectivity index is 3.04. The summed E-state index contributed by atoms with van der Waals surface area (Å²) >= 11 is 3.48. The molecule has 0 saturated heterocycles. The molecule has 1 aromatic heterocycles. The standard InChI is InChI=1S/C8H14N2S2/c1-5-6(9)10-7(12-5)8(2,3)11-4/h9H2,1-4H3. The molecule has 1 aromatic rings. The van der Waals surface area contributed by atoms with Crippen LogP contribution < -0.4 is 5.73 Å².